The van der Waals surface area contributed by atoms with Crippen LogP contribution in [0, 0.1) is 0 Å². The molecular weight excluding hydrogens is 915 g/mol. The van der Waals surface area contributed by atoms with Crippen LogP contribution >= 0.6 is 0 Å². The van der Waals surface area contributed by atoms with Gasteiger partial charge in [-0.1, -0.05) is 182 Å². The minimum atomic E-state index is 0.580. The Hall–Kier alpha value is -10.2. The zero-order valence-corrected chi connectivity index (χ0v) is 40.5. The number of nitrogens with zero attached hydrogens (tertiary/aromatic N) is 5. The summed E-state index contributed by atoms with van der Waals surface area (Å²) in [5.74, 6) is 1.76. The molecule has 0 N–H and O–H groups in total. The average Bonchev–Trinajstić information content (AvgIpc) is 4.20. The highest BCUT2D eigenvalue weighted by atomic mass is 16.3. The Morgan fingerprint density at radius 1 is 0.253 bits per heavy atom. The molecule has 0 spiro atoms. The van der Waals surface area contributed by atoms with Gasteiger partial charge in [0.15, 0.2) is 17.5 Å². The van der Waals surface area contributed by atoms with E-state index in [1.165, 1.54) is 21.5 Å². The van der Waals surface area contributed by atoms with Crippen LogP contribution in [0.15, 0.2) is 265 Å². The van der Waals surface area contributed by atoms with E-state index in [2.05, 4.69) is 240 Å². The number of aromatic nitrogens is 5. The molecule has 0 aliphatic carbocycles. The number of hydrogen-bond donors (Lipinski definition) is 0. The van der Waals surface area contributed by atoms with E-state index in [-0.39, 0.29) is 0 Å². The smallest absolute Gasteiger partial charge is 0.164 e. The first-order chi connectivity index (χ1) is 37.2. The predicted molar refractivity (Wildman–Crippen MR) is 308 cm³/mol. The van der Waals surface area contributed by atoms with Gasteiger partial charge in [-0.15, -0.1) is 0 Å². The number of hydrogen-bond acceptors (Lipinski definition) is 4. The van der Waals surface area contributed by atoms with E-state index in [1.54, 1.807) is 0 Å². The van der Waals surface area contributed by atoms with E-state index in [0.717, 1.165) is 105 Å². The summed E-state index contributed by atoms with van der Waals surface area (Å²) < 4.78 is 11.0. The van der Waals surface area contributed by atoms with Gasteiger partial charge in [-0.3, -0.25) is 0 Å². The highest BCUT2D eigenvalue weighted by molar-refractivity contribution is 6.11. The second kappa shape index (κ2) is 17.3. The lowest BCUT2D eigenvalue weighted by Crippen LogP contribution is -2.02. The molecule has 0 unspecified atom stereocenters. The Balaban J connectivity index is 0.941. The maximum absolute atomic E-state index is 6.27. The Bertz CT molecular complexity index is 4610. The van der Waals surface area contributed by atoms with E-state index in [1.807, 2.05) is 30.3 Å². The Kier molecular flexibility index (Phi) is 9.78. The fourth-order valence-electron chi connectivity index (χ4n) is 11.3. The number of benzene rings is 11. The first-order valence-electron chi connectivity index (χ1n) is 25.3. The zero-order valence-electron chi connectivity index (χ0n) is 40.5. The molecule has 0 saturated carbocycles. The van der Waals surface area contributed by atoms with Crippen LogP contribution in [-0.2, 0) is 0 Å². The van der Waals surface area contributed by atoms with Crippen molar-refractivity contribution in [3.05, 3.63) is 261 Å². The second-order valence-electron chi connectivity index (χ2n) is 19.2. The molecule has 4 aromatic heterocycles. The number of fused-ring (bicyclic) bond motifs is 9. The van der Waals surface area contributed by atoms with Gasteiger partial charge in [0.05, 0.1) is 27.8 Å². The molecule has 15 rings (SSSR count). The SMILES string of the molecule is c1ccc(-c2cc(-c3nc(-c4ccccc4)nc(-c4cccc(-c5cc(-c6ccc7oc8ccccc8c7c6)ccc5-n5c6ccccc6c6ccccc65)c4)n3)cc(-n3c4ccccc4c4ccccc43)c2)cc1. The quantitative estimate of drug-likeness (QED) is 0.152. The van der Waals surface area contributed by atoms with Gasteiger partial charge in [-0.2, -0.15) is 0 Å². The maximum Gasteiger partial charge on any atom is 0.164 e. The van der Waals surface area contributed by atoms with E-state index < -0.39 is 0 Å². The van der Waals surface area contributed by atoms with E-state index >= 15 is 0 Å². The molecule has 0 bridgehead atoms. The summed E-state index contributed by atoms with van der Waals surface area (Å²) in [5.41, 5.74) is 17.5. The summed E-state index contributed by atoms with van der Waals surface area (Å²) in [6.45, 7) is 0. The summed E-state index contributed by atoms with van der Waals surface area (Å²) in [5, 5.41) is 7.01. The molecule has 15 aromatic rings. The molecule has 0 amide bonds. The molecular formula is C69H43N5O. The highest BCUT2D eigenvalue weighted by Crippen LogP contribution is 2.42. The Morgan fingerprint density at radius 2 is 0.707 bits per heavy atom. The summed E-state index contributed by atoms with van der Waals surface area (Å²) in [6, 6.07) is 92.5. The molecule has 6 nitrogen and oxygen atoms in total. The molecule has 11 aromatic carbocycles. The van der Waals surface area contributed by atoms with E-state index in [9.17, 15) is 0 Å². The van der Waals surface area contributed by atoms with Gasteiger partial charge < -0.3 is 13.6 Å². The van der Waals surface area contributed by atoms with Gasteiger partial charge in [0.2, 0.25) is 0 Å². The van der Waals surface area contributed by atoms with E-state index in [4.69, 9.17) is 19.4 Å². The lowest BCUT2D eigenvalue weighted by Gasteiger charge is -2.17. The fourth-order valence-corrected chi connectivity index (χ4v) is 11.3. The molecule has 350 valence electrons. The van der Waals surface area contributed by atoms with Crippen molar-refractivity contribution in [3.8, 4) is 78.9 Å². The third kappa shape index (κ3) is 7.14. The van der Waals surface area contributed by atoms with Crippen LogP contribution < -0.4 is 0 Å². The van der Waals surface area contributed by atoms with Gasteiger partial charge in [0.1, 0.15) is 11.2 Å². The molecule has 6 heteroatoms. The van der Waals surface area contributed by atoms with E-state index in [0.29, 0.717) is 17.5 Å². The summed E-state index contributed by atoms with van der Waals surface area (Å²) >= 11 is 0. The topological polar surface area (TPSA) is 61.7 Å². The van der Waals surface area contributed by atoms with Gasteiger partial charge in [0, 0.05) is 60.3 Å². The Morgan fingerprint density at radius 3 is 1.36 bits per heavy atom. The van der Waals surface area contributed by atoms with Crippen LogP contribution in [0.5, 0.6) is 0 Å². The van der Waals surface area contributed by atoms with Crippen molar-refractivity contribution in [3.63, 3.8) is 0 Å². The first-order valence-corrected chi connectivity index (χ1v) is 25.3. The van der Waals surface area contributed by atoms with Crippen LogP contribution in [0.1, 0.15) is 0 Å². The molecule has 0 fully saturated rings. The molecule has 75 heavy (non-hydrogen) atoms. The van der Waals surface area contributed by atoms with Crippen molar-refractivity contribution in [1.29, 1.82) is 0 Å². The number of rotatable bonds is 8. The fraction of sp³-hybridized carbons (Fsp3) is 0. The minimum Gasteiger partial charge on any atom is -0.456 e. The molecule has 4 heterocycles. The molecule has 0 radical (unpaired) electrons. The summed E-state index contributed by atoms with van der Waals surface area (Å²) in [6.07, 6.45) is 0. The zero-order chi connectivity index (χ0) is 49.4. The summed E-state index contributed by atoms with van der Waals surface area (Å²) in [7, 11) is 0. The number of furan rings is 1. The van der Waals surface area contributed by atoms with Crippen molar-refractivity contribution in [1.82, 2.24) is 24.1 Å². The minimum absolute atomic E-state index is 0.580. The summed E-state index contributed by atoms with van der Waals surface area (Å²) in [4.78, 5) is 16.0. The number of para-hydroxylation sites is 5. The predicted octanol–water partition coefficient (Wildman–Crippen LogP) is 18.0. The van der Waals surface area contributed by atoms with Crippen molar-refractivity contribution in [2.45, 2.75) is 0 Å². The highest BCUT2D eigenvalue weighted by Gasteiger charge is 2.21. The monoisotopic (exact) mass is 957 g/mol. The van der Waals surface area contributed by atoms with Crippen LogP contribution in [0.2, 0.25) is 0 Å². The second-order valence-corrected chi connectivity index (χ2v) is 19.2. The van der Waals surface area contributed by atoms with Crippen LogP contribution in [0.4, 0.5) is 0 Å². The molecule has 0 aliphatic heterocycles. The molecule has 0 aliphatic rings. The normalized spacial score (nSPS) is 11.7. The largest absolute Gasteiger partial charge is 0.456 e. The van der Waals surface area contributed by atoms with Gasteiger partial charge >= 0.3 is 0 Å². The molecule has 0 atom stereocenters. The van der Waals surface area contributed by atoms with Crippen LogP contribution in [0.3, 0.4) is 0 Å². The third-order valence-electron chi connectivity index (χ3n) is 14.7. The van der Waals surface area contributed by atoms with Crippen molar-refractivity contribution in [2.75, 3.05) is 0 Å². The lowest BCUT2D eigenvalue weighted by molar-refractivity contribution is 0.669. The van der Waals surface area contributed by atoms with Crippen molar-refractivity contribution >= 4 is 65.6 Å². The van der Waals surface area contributed by atoms with Crippen LogP contribution in [0.25, 0.3) is 144 Å². The van der Waals surface area contributed by atoms with Crippen molar-refractivity contribution < 1.29 is 4.42 Å². The molecule has 0 saturated heterocycles. The average molecular weight is 958 g/mol. The maximum atomic E-state index is 6.27. The third-order valence-corrected chi connectivity index (χ3v) is 14.7. The van der Waals surface area contributed by atoms with Crippen molar-refractivity contribution in [2.24, 2.45) is 0 Å². The van der Waals surface area contributed by atoms with Gasteiger partial charge in [0.25, 0.3) is 0 Å². The Labute approximate surface area is 431 Å². The first kappa shape index (κ1) is 42.5. The van der Waals surface area contributed by atoms with Crippen LogP contribution in [-0.4, -0.2) is 24.1 Å². The van der Waals surface area contributed by atoms with Gasteiger partial charge in [-0.05, 0) is 107 Å². The standard InChI is InChI=1S/C69H43N5O/c1-3-18-44(19-4-1)50-39-51(41-52(40-50)73-60-29-12-7-24-53(60)54-25-8-13-30-61(54)73)69-71-67(45-20-5-2-6-21-45)70-68(72-69)49-23-17-22-48(38-49)58-42-46(47-35-37-66-59(43-47)57-28-11-16-33-65(57)75-66)34-36-64(58)74-62-31-14-9-26-55(62)56-27-10-15-32-63(56)74/h1-43H. The van der Waals surface area contributed by atoms with Gasteiger partial charge in [-0.25, -0.2) is 15.0 Å². The lowest BCUT2D eigenvalue weighted by atomic mass is 9.95.